The van der Waals surface area contributed by atoms with Crippen molar-refractivity contribution in [2.24, 2.45) is 0 Å². The number of aromatic nitrogens is 3. The minimum atomic E-state index is -1.00. The molecule has 1 unspecified atom stereocenters. The van der Waals surface area contributed by atoms with Gasteiger partial charge in [-0.3, -0.25) is 19.8 Å². The third-order valence-corrected chi connectivity index (χ3v) is 10.7. The van der Waals surface area contributed by atoms with Crippen LogP contribution < -0.4 is 15.5 Å². The van der Waals surface area contributed by atoms with Gasteiger partial charge in [0.15, 0.2) is 11.2 Å². The van der Waals surface area contributed by atoms with Crippen molar-refractivity contribution in [2.75, 3.05) is 49.5 Å². The summed E-state index contributed by atoms with van der Waals surface area (Å²) in [6.07, 6.45) is 7.37. The summed E-state index contributed by atoms with van der Waals surface area (Å²) in [4.78, 5) is 43.0. The Balaban J connectivity index is 1.02. The number of hydrogen-bond donors (Lipinski definition) is 2. The second kappa shape index (κ2) is 12.2. The Kier molecular flexibility index (Phi) is 7.79. The summed E-state index contributed by atoms with van der Waals surface area (Å²) in [7, 11) is 0. The van der Waals surface area contributed by atoms with Crippen LogP contribution >= 0.6 is 11.3 Å². The molecule has 2 aromatic heterocycles. The first-order valence-corrected chi connectivity index (χ1v) is 17.1. The van der Waals surface area contributed by atoms with E-state index in [0.717, 1.165) is 88.4 Å². The van der Waals surface area contributed by atoms with Gasteiger partial charge in [-0.15, -0.1) is 11.3 Å². The summed E-state index contributed by atoms with van der Waals surface area (Å²) in [5.41, 5.74) is 4.73. The lowest BCUT2D eigenvalue weighted by Gasteiger charge is -2.41. The van der Waals surface area contributed by atoms with E-state index in [-0.39, 0.29) is 18.0 Å². The van der Waals surface area contributed by atoms with Crippen LogP contribution in [0.15, 0.2) is 54.3 Å². The molecule has 4 aliphatic heterocycles. The molecule has 0 aliphatic carbocycles. The molecule has 1 atom stereocenters. The van der Waals surface area contributed by atoms with E-state index in [2.05, 4.69) is 42.5 Å². The number of benzene rings is 2. The molecule has 0 bridgehead atoms. The molecule has 2 aromatic carbocycles. The first-order valence-electron chi connectivity index (χ1n) is 16.2. The Hall–Kier alpha value is -4.13. The highest BCUT2D eigenvalue weighted by Crippen LogP contribution is 2.38. The van der Waals surface area contributed by atoms with E-state index in [1.54, 1.807) is 24.0 Å². The molecule has 4 aromatic rings. The molecule has 6 heterocycles. The smallest absolute Gasteiger partial charge is 0.255 e. The van der Waals surface area contributed by atoms with Gasteiger partial charge in [0.25, 0.3) is 11.8 Å². The van der Waals surface area contributed by atoms with Gasteiger partial charge in [0.05, 0.1) is 18.6 Å². The second-order valence-electron chi connectivity index (χ2n) is 12.6. The van der Waals surface area contributed by atoms with E-state index >= 15 is 4.39 Å². The largest absolute Gasteiger partial charge is 0.371 e. The Morgan fingerprint density at radius 3 is 2.59 bits per heavy atom. The lowest BCUT2D eigenvalue weighted by molar-refractivity contribution is -0.121. The molecular weight excluding hydrogens is 603 g/mol. The van der Waals surface area contributed by atoms with E-state index in [1.807, 2.05) is 16.7 Å². The molecule has 0 saturated carbocycles. The number of aryl methyl sites for hydroxylation is 1. The number of carbonyl (C=O) groups excluding carboxylic acids is 2. The molecule has 0 radical (unpaired) electrons. The molecule has 2 saturated heterocycles. The number of rotatable bonds is 7. The number of halogens is 1. The van der Waals surface area contributed by atoms with Gasteiger partial charge in [-0.25, -0.2) is 14.4 Å². The van der Waals surface area contributed by atoms with Crippen LogP contribution in [0, 0.1) is 5.82 Å². The van der Waals surface area contributed by atoms with Gasteiger partial charge in [0.2, 0.25) is 0 Å². The van der Waals surface area contributed by atoms with Crippen LogP contribution in [-0.4, -0.2) is 81.5 Å². The fraction of sp³-hybridized carbons (Fsp3) is 0.412. The summed E-state index contributed by atoms with van der Waals surface area (Å²) < 4.78 is 17.8. The number of thiazole rings is 1. The van der Waals surface area contributed by atoms with Crippen molar-refractivity contribution >= 4 is 34.0 Å². The number of nitrogens with zero attached hydrogens (tertiary/aromatic N) is 6. The van der Waals surface area contributed by atoms with Crippen molar-refractivity contribution in [1.82, 2.24) is 29.7 Å². The highest BCUT2D eigenvalue weighted by atomic mass is 32.1. The van der Waals surface area contributed by atoms with Crippen molar-refractivity contribution in [3.63, 3.8) is 0 Å². The average molecular weight is 641 g/mol. The topological polar surface area (TPSA) is 98.6 Å². The van der Waals surface area contributed by atoms with Crippen LogP contribution in [0.5, 0.6) is 0 Å². The highest BCUT2D eigenvalue weighted by molar-refractivity contribution is 7.13. The molecule has 2 fully saturated rings. The molecule has 0 spiro atoms. The molecule has 4 aliphatic rings. The van der Waals surface area contributed by atoms with Crippen LogP contribution in [-0.2, 0) is 24.3 Å². The maximum atomic E-state index is 15.8. The number of nitrogens with one attached hydrogen (secondary N) is 2. The average Bonchev–Trinajstić information content (AvgIpc) is 3.90. The summed E-state index contributed by atoms with van der Waals surface area (Å²) in [5, 5.41) is 8.51. The van der Waals surface area contributed by atoms with Crippen LogP contribution in [0.2, 0.25) is 0 Å². The van der Waals surface area contributed by atoms with Gasteiger partial charge in [-0.05, 0) is 61.1 Å². The molecule has 238 valence electrons. The first kappa shape index (κ1) is 29.3. The summed E-state index contributed by atoms with van der Waals surface area (Å²) in [5.74, 6) is -1.23. The van der Waals surface area contributed by atoms with Gasteiger partial charge in [0, 0.05) is 85.9 Å². The summed E-state index contributed by atoms with van der Waals surface area (Å²) >= 11 is 1.30. The lowest BCUT2D eigenvalue weighted by Crippen LogP contribution is -2.52. The van der Waals surface area contributed by atoms with Gasteiger partial charge in [-0.1, -0.05) is 12.1 Å². The monoisotopic (exact) mass is 640 g/mol. The zero-order valence-corrected chi connectivity index (χ0v) is 26.4. The van der Waals surface area contributed by atoms with E-state index in [4.69, 9.17) is 0 Å². The highest BCUT2D eigenvalue weighted by Gasteiger charge is 2.42. The maximum absolute atomic E-state index is 15.8. The van der Waals surface area contributed by atoms with Crippen molar-refractivity contribution in [3.8, 4) is 11.1 Å². The number of imidazole rings is 1. The third kappa shape index (κ3) is 5.37. The second-order valence-corrected chi connectivity index (χ2v) is 13.5. The maximum Gasteiger partial charge on any atom is 0.255 e. The minimum Gasteiger partial charge on any atom is -0.371 e. The number of piperazine rings is 1. The predicted molar refractivity (Wildman–Crippen MR) is 175 cm³/mol. The Bertz CT molecular complexity index is 1740. The fourth-order valence-corrected chi connectivity index (χ4v) is 8.10. The predicted octanol–water partition coefficient (Wildman–Crippen LogP) is 4.30. The van der Waals surface area contributed by atoms with Crippen LogP contribution in [0.1, 0.15) is 52.6 Å². The molecule has 10 nitrogen and oxygen atoms in total. The zero-order valence-electron chi connectivity index (χ0n) is 25.6. The lowest BCUT2D eigenvalue weighted by atomic mass is 9.98. The van der Waals surface area contributed by atoms with Crippen molar-refractivity contribution in [1.29, 1.82) is 0 Å². The van der Waals surface area contributed by atoms with Crippen LogP contribution in [0.25, 0.3) is 11.1 Å². The fourth-order valence-electron chi connectivity index (χ4n) is 7.57. The molecule has 2 N–H and O–H groups in total. The number of anilines is 2. The molecular formula is C34H37FN8O2S. The van der Waals surface area contributed by atoms with Crippen molar-refractivity contribution in [2.45, 2.75) is 50.9 Å². The normalized spacial score (nSPS) is 19.4. The minimum absolute atomic E-state index is 0.00856. The Morgan fingerprint density at radius 1 is 1.02 bits per heavy atom. The van der Waals surface area contributed by atoms with Crippen LogP contribution in [0.4, 0.5) is 15.2 Å². The summed E-state index contributed by atoms with van der Waals surface area (Å²) in [6.45, 7) is 7.25. The van der Waals surface area contributed by atoms with Crippen molar-refractivity contribution in [3.05, 3.63) is 82.6 Å². The number of piperidine rings is 1. The Labute approximate surface area is 271 Å². The van der Waals surface area contributed by atoms with E-state index in [1.165, 1.54) is 22.3 Å². The quantitative estimate of drug-likeness (QED) is 0.311. The number of fused-ring (bicyclic) bond motifs is 2. The zero-order chi connectivity index (χ0) is 31.2. The molecule has 2 amide bonds. The third-order valence-electron chi connectivity index (χ3n) is 9.99. The van der Waals surface area contributed by atoms with Gasteiger partial charge < -0.3 is 19.7 Å². The first-order chi connectivity index (χ1) is 22.5. The SMILES string of the molecule is O=C(Nc1nccs1)C(c1ncn2c1CCC2)N1Cc2c(F)cc(-c3ccc(N4CCC(N5CCNCC5)CC4)cc3)cc2C1=O. The van der Waals surface area contributed by atoms with Gasteiger partial charge in [0.1, 0.15) is 5.82 Å². The summed E-state index contributed by atoms with van der Waals surface area (Å²) in [6, 6.07) is 11.1. The molecule has 46 heavy (non-hydrogen) atoms. The van der Waals surface area contributed by atoms with Gasteiger partial charge >= 0.3 is 0 Å². The van der Waals surface area contributed by atoms with Gasteiger partial charge in [-0.2, -0.15) is 0 Å². The molecule has 12 heteroatoms. The number of amides is 2. The van der Waals surface area contributed by atoms with E-state index in [9.17, 15) is 9.59 Å². The standard InChI is InChI=1S/C34H37FN8O2S/c35-28-19-23(22-3-5-24(6-4-22)40-13-7-25(8-14-40)41-15-9-36-10-16-41)18-26-27(28)20-43(33(26)45)31(32(44)39-34-37-11-17-46-34)30-29-2-1-12-42(29)21-38-30/h3-6,11,17-19,21,25,31,36H,1-2,7-10,12-16,20H2,(H,37,39,44). The molecule has 8 rings (SSSR count). The Morgan fingerprint density at radius 2 is 1.83 bits per heavy atom. The van der Waals surface area contributed by atoms with Crippen molar-refractivity contribution < 1.29 is 14.0 Å². The van der Waals surface area contributed by atoms with E-state index < -0.39 is 17.8 Å². The number of carbonyl (C=O) groups is 2. The number of hydrogen-bond acceptors (Lipinski definition) is 8. The van der Waals surface area contributed by atoms with Crippen LogP contribution in [0.3, 0.4) is 0 Å². The van der Waals surface area contributed by atoms with E-state index in [0.29, 0.717) is 28.0 Å².